The van der Waals surface area contributed by atoms with Crippen LogP contribution in [0, 0.1) is 0 Å². The lowest BCUT2D eigenvalue weighted by Crippen LogP contribution is -2.56. The number of carbonyl (C=O) groups excluding carboxylic acids is 3. The van der Waals surface area contributed by atoms with Crippen molar-refractivity contribution in [1.29, 1.82) is 0 Å². The van der Waals surface area contributed by atoms with Gasteiger partial charge in [-0.15, -0.1) is 0 Å². The van der Waals surface area contributed by atoms with Gasteiger partial charge in [0.1, 0.15) is 6.61 Å². The molecule has 1 saturated heterocycles. The first kappa shape index (κ1) is 19.6. The quantitative estimate of drug-likeness (QED) is 0.763. The summed E-state index contributed by atoms with van der Waals surface area (Å²) in [4.78, 5) is 48.6. The molecule has 2 aliphatic rings. The van der Waals surface area contributed by atoms with E-state index in [0.717, 1.165) is 22.3 Å². The number of hydrogen-bond donors (Lipinski definition) is 1. The van der Waals surface area contributed by atoms with Gasteiger partial charge >= 0.3 is 12.1 Å². The van der Waals surface area contributed by atoms with Crippen LogP contribution in [0.2, 0.25) is 0 Å². The average Bonchev–Trinajstić information content (AvgIpc) is 3.24. The number of hydrogen-bond acceptors (Lipinski definition) is 5. The third-order valence-electron chi connectivity index (χ3n) is 5.49. The van der Waals surface area contributed by atoms with E-state index in [1.165, 1.54) is 6.92 Å². The highest BCUT2D eigenvalue weighted by Gasteiger charge is 2.42. The lowest BCUT2D eigenvalue weighted by molar-refractivity contribution is -0.163. The second-order valence-electron chi connectivity index (χ2n) is 7.26. The Bertz CT molecular complexity index is 988. The Labute approximate surface area is 172 Å². The molecule has 1 fully saturated rings. The summed E-state index contributed by atoms with van der Waals surface area (Å²) in [6.45, 7) is 1.18. The molecule has 0 radical (unpaired) electrons. The van der Waals surface area contributed by atoms with E-state index < -0.39 is 29.9 Å². The van der Waals surface area contributed by atoms with Crippen molar-refractivity contribution in [3.05, 3.63) is 59.7 Å². The lowest BCUT2D eigenvalue weighted by Gasteiger charge is -2.32. The Balaban J connectivity index is 1.59. The third-order valence-corrected chi connectivity index (χ3v) is 5.49. The smallest absolute Gasteiger partial charge is 0.430 e. The Kier molecular flexibility index (Phi) is 4.99. The zero-order valence-corrected chi connectivity index (χ0v) is 16.3. The normalized spacial score (nSPS) is 16.2. The third kappa shape index (κ3) is 3.20. The van der Waals surface area contributed by atoms with E-state index >= 15 is 0 Å². The maximum atomic E-state index is 12.8. The van der Waals surface area contributed by atoms with Crippen LogP contribution in [0.4, 0.5) is 4.79 Å². The number of carboxylic acid groups (broad SMARTS) is 1. The van der Waals surface area contributed by atoms with E-state index in [0.29, 0.717) is 10.0 Å². The molecular formula is C22H20N2O6. The summed E-state index contributed by atoms with van der Waals surface area (Å²) in [6, 6.07) is 14.1. The molecule has 30 heavy (non-hydrogen) atoms. The molecule has 154 valence electrons. The highest BCUT2D eigenvalue weighted by molar-refractivity contribution is 6.03. The Morgan fingerprint density at radius 2 is 1.53 bits per heavy atom. The van der Waals surface area contributed by atoms with Crippen molar-refractivity contribution in [2.24, 2.45) is 0 Å². The Hall–Kier alpha value is -3.68. The van der Waals surface area contributed by atoms with Crippen LogP contribution in [-0.4, -0.2) is 51.6 Å². The number of ether oxygens (including phenoxy) is 1. The number of imide groups is 1. The number of hydrazine groups is 1. The fourth-order valence-corrected chi connectivity index (χ4v) is 3.98. The number of carbonyl (C=O) groups is 4. The van der Waals surface area contributed by atoms with Crippen LogP contribution < -0.4 is 0 Å². The minimum Gasteiger partial charge on any atom is -0.480 e. The van der Waals surface area contributed by atoms with Crippen LogP contribution >= 0.6 is 0 Å². The zero-order valence-electron chi connectivity index (χ0n) is 16.3. The fourth-order valence-electron chi connectivity index (χ4n) is 3.98. The molecular weight excluding hydrogens is 388 g/mol. The summed E-state index contributed by atoms with van der Waals surface area (Å²) in [7, 11) is 0. The van der Waals surface area contributed by atoms with Crippen LogP contribution in [-0.2, 0) is 19.1 Å². The van der Waals surface area contributed by atoms with Gasteiger partial charge in [0.05, 0.1) is 0 Å². The number of nitrogens with zero attached hydrogens (tertiary/aromatic N) is 2. The molecule has 1 aliphatic carbocycles. The van der Waals surface area contributed by atoms with Crippen LogP contribution in [0.5, 0.6) is 0 Å². The predicted octanol–water partition coefficient (Wildman–Crippen LogP) is 2.77. The standard InChI is InChI=1S/C22H20N2O6/c1-13(21(27)28)23(24-19(25)10-11-20(24)26)22(29)30-12-18-16-8-4-2-6-14(16)15-7-3-5-9-17(15)18/h2-9,13,18H,10-12H2,1H3,(H,27,28). The minimum absolute atomic E-state index is 0.0497. The van der Waals surface area contributed by atoms with E-state index in [1.807, 2.05) is 48.5 Å². The number of carboxylic acids is 1. The van der Waals surface area contributed by atoms with Crippen LogP contribution in [0.1, 0.15) is 36.8 Å². The molecule has 2 aromatic carbocycles. The maximum absolute atomic E-state index is 12.8. The summed E-state index contributed by atoms with van der Waals surface area (Å²) in [5, 5.41) is 10.6. The predicted molar refractivity (Wildman–Crippen MR) is 105 cm³/mol. The second-order valence-corrected chi connectivity index (χ2v) is 7.26. The van der Waals surface area contributed by atoms with E-state index in [9.17, 15) is 24.3 Å². The van der Waals surface area contributed by atoms with Gasteiger partial charge in [-0.05, 0) is 29.2 Å². The van der Waals surface area contributed by atoms with Crippen molar-refractivity contribution >= 4 is 23.9 Å². The van der Waals surface area contributed by atoms with Gasteiger partial charge in [0.15, 0.2) is 6.04 Å². The van der Waals surface area contributed by atoms with Gasteiger partial charge in [0.2, 0.25) is 11.8 Å². The molecule has 4 rings (SSSR count). The van der Waals surface area contributed by atoms with Crippen molar-refractivity contribution in [2.45, 2.75) is 31.7 Å². The molecule has 0 spiro atoms. The SMILES string of the molecule is CC(C(=O)O)N(C(=O)OCC1c2ccccc2-c2ccccc21)N1C(=O)CCC1=O. The molecule has 0 saturated carbocycles. The summed E-state index contributed by atoms with van der Waals surface area (Å²) < 4.78 is 5.46. The molecule has 0 aromatic heterocycles. The summed E-state index contributed by atoms with van der Waals surface area (Å²) in [6.07, 6.45) is -1.19. The molecule has 1 atom stereocenters. The first-order valence-corrected chi connectivity index (χ1v) is 9.63. The van der Waals surface area contributed by atoms with Gasteiger partial charge < -0.3 is 9.84 Å². The van der Waals surface area contributed by atoms with Gasteiger partial charge in [-0.25, -0.2) is 9.59 Å². The zero-order chi connectivity index (χ0) is 21.4. The van der Waals surface area contributed by atoms with E-state index in [1.54, 1.807) is 0 Å². The Morgan fingerprint density at radius 3 is 2.03 bits per heavy atom. The number of benzene rings is 2. The summed E-state index contributed by atoms with van der Waals surface area (Å²) >= 11 is 0. The first-order chi connectivity index (χ1) is 14.4. The average molecular weight is 408 g/mol. The van der Waals surface area contributed by atoms with E-state index in [-0.39, 0.29) is 25.4 Å². The van der Waals surface area contributed by atoms with Gasteiger partial charge in [-0.2, -0.15) is 10.0 Å². The number of rotatable bonds is 5. The maximum Gasteiger partial charge on any atom is 0.430 e. The van der Waals surface area contributed by atoms with E-state index in [2.05, 4.69) is 0 Å². The van der Waals surface area contributed by atoms with Crippen LogP contribution in [0.3, 0.4) is 0 Å². The van der Waals surface area contributed by atoms with Crippen LogP contribution in [0.15, 0.2) is 48.5 Å². The molecule has 1 unspecified atom stereocenters. The number of aliphatic carboxylic acids is 1. The van der Waals surface area contributed by atoms with Crippen molar-refractivity contribution in [3.8, 4) is 11.1 Å². The molecule has 8 nitrogen and oxygen atoms in total. The van der Waals surface area contributed by atoms with Gasteiger partial charge in [-0.1, -0.05) is 48.5 Å². The lowest BCUT2D eigenvalue weighted by atomic mass is 9.98. The van der Waals surface area contributed by atoms with Gasteiger partial charge in [-0.3, -0.25) is 9.59 Å². The van der Waals surface area contributed by atoms with Crippen LogP contribution in [0.25, 0.3) is 11.1 Å². The topological polar surface area (TPSA) is 104 Å². The molecule has 1 heterocycles. The minimum atomic E-state index is -1.44. The molecule has 0 bridgehead atoms. The molecule has 3 amide bonds. The fraction of sp³-hybridized carbons (Fsp3) is 0.273. The molecule has 1 N–H and O–H groups in total. The van der Waals surface area contributed by atoms with Gasteiger partial charge in [0, 0.05) is 18.8 Å². The Morgan fingerprint density at radius 1 is 1.03 bits per heavy atom. The molecule has 8 heteroatoms. The summed E-state index contributed by atoms with van der Waals surface area (Å²) in [5.74, 6) is -2.83. The molecule has 2 aromatic rings. The van der Waals surface area contributed by atoms with Crippen molar-refractivity contribution in [1.82, 2.24) is 10.0 Å². The summed E-state index contributed by atoms with van der Waals surface area (Å²) in [5.41, 5.74) is 4.10. The van der Waals surface area contributed by atoms with Crippen molar-refractivity contribution in [3.63, 3.8) is 0 Å². The highest BCUT2D eigenvalue weighted by Crippen LogP contribution is 2.44. The first-order valence-electron chi connectivity index (χ1n) is 9.63. The monoisotopic (exact) mass is 408 g/mol. The largest absolute Gasteiger partial charge is 0.480 e. The highest BCUT2D eigenvalue weighted by atomic mass is 16.6. The molecule has 1 aliphatic heterocycles. The van der Waals surface area contributed by atoms with E-state index in [4.69, 9.17) is 4.74 Å². The van der Waals surface area contributed by atoms with Gasteiger partial charge in [0.25, 0.3) is 0 Å². The van der Waals surface area contributed by atoms with Crippen molar-refractivity contribution < 1.29 is 29.0 Å². The number of amides is 3. The second kappa shape index (κ2) is 7.62. The number of fused-ring (bicyclic) bond motifs is 3. The van der Waals surface area contributed by atoms with Crippen molar-refractivity contribution in [2.75, 3.05) is 6.61 Å².